The molecule has 5 nitrogen and oxygen atoms in total. The second-order valence-corrected chi connectivity index (χ2v) is 4.08. The van der Waals surface area contributed by atoms with Crippen molar-refractivity contribution in [2.24, 2.45) is 5.73 Å². The van der Waals surface area contributed by atoms with Gasteiger partial charge >= 0.3 is 0 Å². The third kappa shape index (κ3) is 2.41. The van der Waals surface area contributed by atoms with Gasteiger partial charge in [0, 0.05) is 25.3 Å². The van der Waals surface area contributed by atoms with E-state index in [1.54, 1.807) is 6.92 Å². The van der Waals surface area contributed by atoms with Gasteiger partial charge in [0.1, 0.15) is 11.6 Å². The standard InChI is InChI=1S/C13H16N4O/c1-9-15-12(7-13(18)16-9)17(2)11-6-4-3-5-10(11)8-14/h3-7H,8,14H2,1-2H3,(H,15,16,18). The first-order chi connectivity index (χ1) is 8.61. The number of para-hydroxylation sites is 1. The van der Waals surface area contributed by atoms with Crippen molar-refractivity contribution in [1.29, 1.82) is 0 Å². The average Bonchev–Trinajstić information content (AvgIpc) is 2.36. The molecule has 94 valence electrons. The van der Waals surface area contributed by atoms with Gasteiger partial charge in [0.05, 0.1) is 0 Å². The molecule has 0 radical (unpaired) electrons. The number of anilines is 2. The lowest BCUT2D eigenvalue weighted by Crippen LogP contribution is -2.19. The second-order valence-electron chi connectivity index (χ2n) is 4.08. The van der Waals surface area contributed by atoms with Crippen LogP contribution in [0.4, 0.5) is 11.5 Å². The van der Waals surface area contributed by atoms with E-state index in [-0.39, 0.29) is 5.56 Å². The zero-order valence-electron chi connectivity index (χ0n) is 10.5. The SMILES string of the molecule is Cc1nc(N(C)c2ccccc2CN)cc(=O)[nH]1. The summed E-state index contributed by atoms with van der Waals surface area (Å²) in [5, 5.41) is 0. The molecule has 1 aromatic heterocycles. The Bertz CT molecular complexity index is 606. The Morgan fingerprint density at radius 2 is 2.11 bits per heavy atom. The number of aryl methyl sites for hydroxylation is 1. The summed E-state index contributed by atoms with van der Waals surface area (Å²) in [6, 6.07) is 9.27. The van der Waals surface area contributed by atoms with E-state index in [0.717, 1.165) is 11.3 Å². The Labute approximate surface area is 105 Å². The van der Waals surface area contributed by atoms with Gasteiger partial charge in [-0.15, -0.1) is 0 Å². The Morgan fingerprint density at radius 1 is 1.39 bits per heavy atom. The number of H-pyrrole nitrogens is 1. The summed E-state index contributed by atoms with van der Waals surface area (Å²) in [4.78, 5) is 20.3. The summed E-state index contributed by atoms with van der Waals surface area (Å²) in [6.45, 7) is 2.20. The quantitative estimate of drug-likeness (QED) is 0.853. The van der Waals surface area contributed by atoms with Gasteiger partial charge in [-0.2, -0.15) is 0 Å². The molecule has 1 aromatic carbocycles. The van der Waals surface area contributed by atoms with Gasteiger partial charge in [-0.3, -0.25) is 4.79 Å². The average molecular weight is 244 g/mol. The van der Waals surface area contributed by atoms with Gasteiger partial charge in [-0.05, 0) is 18.6 Å². The maximum Gasteiger partial charge on any atom is 0.252 e. The number of hydrogen-bond acceptors (Lipinski definition) is 4. The van der Waals surface area contributed by atoms with Crippen LogP contribution in [0, 0.1) is 6.92 Å². The van der Waals surface area contributed by atoms with E-state index >= 15 is 0 Å². The van der Waals surface area contributed by atoms with Crippen molar-refractivity contribution in [3.63, 3.8) is 0 Å². The summed E-state index contributed by atoms with van der Waals surface area (Å²) >= 11 is 0. The van der Waals surface area contributed by atoms with Crippen LogP contribution in [0.5, 0.6) is 0 Å². The van der Waals surface area contributed by atoms with E-state index in [4.69, 9.17) is 5.73 Å². The fraction of sp³-hybridized carbons (Fsp3) is 0.231. The topological polar surface area (TPSA) is 75.0 Å². The van der Waals surface area contributed by atoms with Gasteiger partial charge < -0.3 is 15.6 Å². The third-order valence-corrected chi connectivity index (χ3v) is 2.76. The van der Waals surface area contributed by atoms with Crippen molar-refractivity contribution < 1.29 is 0 Å². The van der Waals surface area contributed by atoms with E-state index in [1.807, 2.05) is 36.2 Å². The maximum absolute atomic E-state index is 11.5. The smallest absolute Gasteiger partial charge is 0.252 e. The molecule has 3 N–H and O–H groups in total. The molecule has 2 aromatic rings. The number of rotatable bonds is 3. The van der Waals surface area contributed by atoms with Crippen molar-refractivity contribution >= 4 is 11.5 Å². The van der Waals surface area contributed by atoms with Crippen LogP contribution in [0.3, 0.4) is 0 Å². The number of nitrogens with zero attached hydrogens (tertiary/aromatic N) is 2. The summed E-state index contributed by atoms with van der Waals surface area (Å²) in [7, 11) is 1.87. The molecule has 18 heavy (non-hydrogen) atoms. The Balaban J connectivity index is 2.47. The van der Waals surface area contributed by atoms with Crippen LogP contribution in [0.2, 0.25) is 0 Å². The van der Waals surface area contributed by atoms with Crippen molar-refractivity contribution in [2.45, 2.75) is 13.5 Å². The van der Waals surface area contributed by atoms with Crippen molar-refractivity contribution in [1.82, 2.24) is 9.97 Å². The summed E-state index contributed by atoms with van der Waals surface area (Å²) in [6.07, 6.45) is 0. The molecule has 0 unspecified atom stereocenters. The van der Waals surface area contributed by atoms with Crippen molar-refractivity contribution in [3.05, 3.63) is 52.1 Å². The highest BCUT2D eigenvalue weighted by Crippen LogP contribution is 2.24. The predicted molar refractivity (Wildman–Crippen MR) is 72.0 cm³/mol. The molecule has 0 aliphatic rings. The molecule has 5 heteroatoms. The van der Waals surface area contributed by atoms with E-state index in [0.29, 0.717) is 18.2 Å². The summed E-state index contributed by atoms with van der Waals surface area (Å²) in [5.74, 6) is 1.20. The minimum atomic E-state index is -0.158. The molecular weight excluding hydrogens is 228 g/mol. The van der Waals surface area contributed by atoms with Crippen LogP contribution in [-0.4, -0.2) is 17.0 Å². The second kappa shape index (κ2) is 5.01. The molecule has 0 aliphatic heterocycles. The predicted octanol–water partition coefficient (Wildman–Crippen LogP) is 1.30. The Morgan fingerprint density at radius 3 is 2.78 bits per heavy atom. The number of nitrogens with two attached hydrogens (primary N) is 1. The fourth-order valence-corrected chi connectivity index (χ4v) is 1.87. The number of hydrogen-bond donors (Lipinski definition) is 2. The molecule has 0 aliphatic carbocycles. The molecule has 0 atom stereocenters. The third-order valence-electron chi connectivity index (χ3n) is 2.76. The first-order valence-electron chi connectivity index (χ1n) is 5.71. The van der Waals surface area contributed by atoms with Crippen LogP contribution < -0.4 is 16.2 Å². The van der Waals surface area contributed by atoms with Crippen LogP contribution >= 0.6 is 0 Å². The molecule has 0 bridgehead atoms. The molecule has 0 spiro atoms. The summed E-state index contributed by atoms with van der Waals surface area (Å²) < 4.78 is 0. The van der Waals surface area contributed by atoms with Gasteiger partial charge in [0.25, 0.3) is 5.56 Å². The normalized spacial score (nSPS) is 10.4. The van der Waals surface area contributed by atoms with E-state index in [1.165, 1.54) is 6.07 Å². The van der Waals surface area contributed by atoms with E-state index in [2.05, 4.69) is 9.97 Å². The van der Waals surface area contributed by atoms with Gasteiger partial charge in [-0.1, -0.05) is 18.2 Å². The molecule has 0 amide bonds. The van der Waals surface area contributed by atoms with Crippen LogP contribution in [0.15, 0.2) is 35.1 Å². The van der Waals surface area contributed by atoms with Gasteiger partial charge in [0.15, 0.2) is 0 Å². The molecule has 0 fully saturated rings. The molecule has 2 rings (SSSR count). The van der Waals surface area contributed by atoms with Crippen LogP contribution in [-0.2, 0) is 6.54 Å². The Kier molecular flexibility index (Phi) is 3.43. The highest BCUT2D eigenvalue weighted by atomic mass is 16.1. The molecule has 0 saturated carbocycles. The summed E-state index contributed by atoms with van der Waals surface area (Å²) in [5.41, 5.74) is 7.52. The van der Waals surface area contributed by atoms with E-state index in [9.17, 15) is 4.79 Å². The lowest BCUT2D eigenvalue weighted by Gasteiger charge is -2.21. The van der Waals surface area contributed by atoms with Crippen LogP contribution in [0.1, 0.15) is 11.4 Å². The number of aromatic amines is 1. The molecule has 1 heterocycles. The highest BCUT2D eigenvalue weighted by molar-refractivity contribution is 5.62. The van der Waals surface area contributed by atoms with Crippen LogP contribution in [0.25, 0.3) is 0 Å². The van der Waals surface area contributed by atoms with Gasteiger partial charge in [-0.25, -0.2) is 4.98 Å². The zero-order chi connectivity index (χ0) is 13.1. The maximum atomic E-state index is 11.5. The highest BCUT2D eigenvalue weighted by Gasteiger charge is 2.10. The minimum Gasteiger partial charge on any atom is -0.329 e. The first-order valence-corrected chi connectivity index (χ1v) is 5.71. The molecular formula is C13H16N4O. The lowest BCUT2D eigenvalue weighted by molar-refractivity contribution is 0.975. The zero-order valence-corrected chi connectivity index (χ0v) is 10.5. The fourth-order valence-electron chi connectivity index (χ4n) is 1.87. The number of nitrogens with one attached hydrogen (secondary N) is 1. The monoisotopic (exact) mass is 244 g/mol. The molecule has 0 saturated heterocycles. The first kappa shape index (κ1) is 12.3. The Hall–Kier alpha value is -2.14. The number of aromatic nitrogens is 2. The minimum absolute atomic E-state index is 0.158. The van der Waals surface area contributed by atoms with Gasteiger partial charge in [0.2, 0.25) is 0 Å². The largest absolute Gasteiger partial charge is 0.329 e. The van der Waals surface area contributed by atoms with Crippen molar-refractivity contribution in [2.75, 3.05) is 11.9 Å². The van der Waals surface area contributed by atoms with E-state index < -0.39 is 0 Å². The lowest BCUT2D eigenvalue weighted by atomic mass is 10.1. The number of benzene rings is 1. The van der Waals surface area contributed by atoms with Crippen molar-refractivity contribution in [3.8, 4) is 0 Å².